The maximum Gasteiger partial charge on any atom is 0.337 e. The van der Waals surface area contributed by atoms with Crippen LogP contribution in [0.2, 0.25) is 0 Å². The van der Waals surface area contributed by atoms with Crippen LogP contribution in [0.4, 0.5) is 0 Å². The molecule has 8 heteroatoms. The monoisotopic (exact) mass is 428 g/mol. The van der Waals surface area contributed by atoms with Gasteiger partial charge in [-0.15, -0.1) is 0 Å². The number of carbonyl (C=O) groups is 2. The van der Waals surface area contributed by atoms with Crippen LogP contribution in [-0.2, 0) is 32.5 Å². The molecule has 0 saturated carbocycles. The van der Waals surface area contributed by atoms with E-state index in [1.807, 2.05) is 24.3 Å². The van der Waals surface area contributed by atoms with Crippen molar-refractivity contribution < 1.29 is 22.7 Å². The highest BCUT2D eigenvalue weighted by atomic mass is 32.2. The molecule has 1 saturated heterocycles. The maximum absolute atomic E-state index is 13.6. The van der Waals surface area contributed by atoms with Gasteiger partial charge in [0.15, 0.2) is 0 Å². The van der Waals surface area contributed by atoms with Crippen LogP contribution in [0.1, 0.15) is 34.3 Å². The SMILES string of the molecule is COC(=O)c1cccc(S(=O)(=O)N2Cc3ccccc3CC2C(=O)N2CCCC2)c1. The number of nitrogens with zero attached hydrogens (tertiary/aromatic N) is 2. The number of methoxy groups -OCH3 is 1. The van der Waals surface area contributed by atoms with E-state index in [0.717, 1.165) is 24.0 Å². The fourth-order valence-electron chi connectivity index (χ4n) is 4.15. The lowest BCUT2D eigenvalue weighted by atomic mass is 9.95. The minimum Gasteiger partial charge on any atom is -0.465 e. The third-order valence-electron chi connectivity index (χ3n) is 5.77. The van der Waals surface area contributed by atoms with Gasteiger partial charge in [-0.25, -0.2) is 13.2 Å². The number of ether oxygens (including phenoxy) is 1. The van der Waals surface area contributed by atoms with Crippen molar-refractivity contribution in [1.82, 2.24) is 9.21 Å². The molecule has 0 radical (unpaired) electrons. The second kappa shape index (κ2) is 8.20. The van der Waals surface area contributed by atoms with Crippen LogP contribution in [0.5, 0.6) is 0 Å². The Morgan fingerprint density at radius 1 is 1.00 bits per heavy atom. The van der Waals surface area contributed by atoms with Gasteiger partial charge >= 0.3 is 5.97 Å². The van der Waals surface area contributed by atoms with E-state index in [1.54, 1.807) is 4.90 Å². The minimum atomic E-state index is -4.01. The smallest absolute Gasteiger partial charge is 0.337 e. The fourth-order valence-corrected chi connectivity index (χ4v) is 5.75. The number of rotatable bonds is 4. The van der Waals surface area contributed by atoms with Crippen molar-refractivity contribution >= 4 is 21.9 Å². The van der Waals surface area contributed by atoms with E-state index in [1.165, 1.54) is 35.7 Å². The highest BCUT2D eigenvalue weighted by molar-refractivity contribution is 7.89. The largest absolute Gasteiger partial charge is 0.465 e. The second-order valence-electron chi connectivity index (χ2n) is 7.59. The number of sulfonamides is 1. The Kier molecular flexibility index (Phi) is 5.62. The summed E-state index contributed by atoms with van der Waals surface area (Å²) in [6.45, 7) is 1.43. The molecule has 2 aromatic carbocycles. The number of esters is 1. The van der Waals surface area contributed by atoms with Crippen molar-refractivity contribution in [3.8, 4) is 0 Å². The lowest BCUT2D eigenvalue weighted by Gasteiger charge is -2.36. The van der Waals surface area contributed by atoms with Gasteiger partial charge in [0, 0.05) is 19.6 Å². The third-order valence-corrected chi connectivity index (χ3v) is 7.62. The molecule has 2 heterocycles. The van der Waals surface area contributed by atoms with E-state index >= 15 is 0 Å². The van der Waals surface area contributed by atoms with Gasteiger partial charge in [-0.05, 0) is 48.6 Å². The quantitative estimate of drug-likeness (QED) is 0.697. The Hall–Kier alpha value is -2.71. The van der Waals surface area contributed by atoms with Crippen LogP contribution >= 0.6 is 0 Å². The zero-order chi connectivity index (χ0) is 21.3. The Morgan fingerprint density at radius 3 is 2.40 bits per heavy atom. The van der Waals surface area contributed by atoms with Gasteiger partial charge in [0.25, 0.3) is 0 Å². The third kappa shape index (κ3) is 3.73. The summed E-state index contributed by atoms with van der Waals surface area (Å²) < 4.78 is 33.2. The van der Waals surface area contributed by atoms with Gasteiger partial charge in [0.2, 0.25) is 15.9 Å². The maximum atomic E-state index is 13.6. The first kappa shape index (κ1) is 20.6. The fraction of sp³-hybridized carbons (Fsp3) is 0.364. The van der Waals surface area contributed by atoms with Crippen LogP contribution in [0.3, 0.4) is 0 Å². The molecule has 1 atom stereocenters. The van der Waals surface area contributed by atoms with E-state index in [-0.39, 0.29) is 22.9 Å². The van der Waals surface area contributed by atoms with Crippen molar-refractivity contribution in [3.63, 3.8) is 0 Å². The molecule has 158 valence electrons. The number of fused-ring (bicyclic) bond motifs is 1. The normalized spacial score (nSPS) is 19.4. The number of likely N-dealkylation sites (tertiary alicyclic amines) is 1. The van der Waals surface area contributed by atoms with Crippen molar-refractivity contribution in [2.24, 2.45) is 0 Å². The van der Waals surface area contributed by atoms with E-state index in [4.69, 9.17) is 4.74 Å². The van der Waals surface area contributed by atoms with Crippen LogP contribution in [0.15, 0.2) is 53.4 Å². The summed E-state index contributed by atoms with van der Waals surface area (Å²) in [5.41, 5.74) is 2.03. The molecule has 0 aliphatic carbocycles. The summed E-state index contributed by atoms with van der Waals surface area (Å²) in [4.78, 5) is 26.9. The van der Waals surface area contributed by atoms with Crippen molar-refractivity contribution in [2.75, 3.05) is 20.2 Å². The number of hydrogen-bond donors (Lipinski definition) is 0. The molecule has 1 amide bonds. The average molecular weight is 429 g/mol. The average Bonchev–Trinajstić information content (AvgIpc) is 3.32. The van der Waals surface area contributed by atoms with E-state index in [2.05, 4.69) is 0 Å². The molecule has 4 rings (SSSR count). The predicted octanol–water partition coefficient (Wildman–Crippen LogP) is 2.21. The minimum absolute atomic E-state index is 0.0241. The summed E-state index contributed by atoms with van der Waals surface area (Å²) in [7, 11) is -2.77. The Balaban J connectivity index is 1.75. The molecule has 1 fully saturated rings. The second-order valence-corrected chi connectivity index (χ2v) is 9.48. The molecule has 2 aromatic rings. The number of amides is 1. The van der Waals surface area contributed by atoms with Crippen molar-refractivity contribution in [1.29, 1.82) is 0 Å². The number of carbonyl (C=O) groups excluding carboxylic acids is 2. The molecule has 0 aromatic heterocycles. The van der Waals surface area contributed by atoms with Gasteiger partial charge in [0.1, 0.15) is 6.04 Å². The molecule has 0 bridgehead atoms. The molecular formula is C22H24N2O5S. The highest BCUT2D eigenvalue weighted by Gasteiger charge is 2.41. The molecular weight excluding hydrogens is 404 g/mol. The first-order chi connectivity index (χ1) is 14.4. The first-order valence-corrected chi connectivity index (χ1v) is 11.4. The van der Waals surface area contributed by atoms with Gasteiger partial charge in [-0.3, -0.25) is 4.79 Å². The highest BCUT2D eigenvalue weighted by Crippen LogP contribution is 2.31. The molecule has 0 spiro atoms. The van der Waals surface area contributed by atoms with Crippen molar-refractivity contribution in [3.05, 3.63) is 65.2 Å². The summed E-state index contributed by atoms with van der Waals surface area (Å²) in [5.74, 6) is -0.768. The number of hydrogen-bond acceptors (Lipinski definition) is 5. The zero-order valence-corrected chi connectivity index (χ0v) is 17.6. The molecule has 30 heavy (non-hydrogen) atoms. The standard InChI is InChI=1S/C22H24N2O5S/c1-29-22(26)17-9-6-10-19(13-17)30(27,28)24-15-18-8-3-2-7-16(18)14-20(24)21(25)23-11-4-5-12-23/h2-3,6-10,13,20H,4-5,11-12,14-15H2,1H3. The summed E-state index contributed by atoms with van der Waals surface area (Å²) in [6.07, 6.45) is 2.20. The van der Waals surface area contributed by atoms with E-state index in [9.17, 15) is 18.0 Å². The summed E-state index contributed by atoms with van der Waals surface area (Å²) in [6, 6.07) is 12.6. The van der Waals surface area contributed by atoms with Gasteiger partial charge in [-0.1, -0.05) is 30.3 Å². The summed E-state index contributed by atoms with van der Waals surface area (Å²) >= 11 is 0. The molecule has 7 nitrogen and oxygen atoms in total. The van der Waals surface area contributed by atoms with Crippen molar-refractivity contribution in [2.45, 2.75) is 36.7 Å². The lowest BCUT2D eigenvalue weighted by molar-refractivity contribution is -0.134. The van der Waals surface area contributed by atoms with Crippen LogP contribution in [0, 0.1) is 0 Å². The molecule has 2 aliphatic heterocycles. The summed E-state index contributed by atoms with van der Waals surface area (Å²) in [5, 5.41) is 0. The molecule has 1 unspecified atom stereocenters. The Bertz CT molecular complexity index is 1080. The topological polar surface area (TPSA) is 84.0 Å². The van der Waals surface area contributed by atoms with E-state index < -0.39 is 22.0 Å². The van der Waals surface area contributed by atoms with Gasteiger partial charge in [0.05, 0.1) is 17.6 Å². The first-order valence-electron chi connectivity index (χ1n) is 9.97. The molecule has 0 N–H and O–H groups in total. The lowest BCUT2D eigenvalue weighted by Crippen LogP contribution is -2.53. The predicted molar refractivity (Wildman–Crippen MR) is 110 cm³/mol. The zero-order valence-electron chi connectivity index (χ0n) is 16.8. The van der Waals surface area contributed by atoms with Crippen LogP contribution in [0.25, 0.3) is 0 Å². The van der Waals surface area contributed by atoms with Crippen LogP contribution < -0.4 is 0 Å². The van der Waals surface area contributed by atoms with Gasteiger partial charge < -0.3 is 9.64 Å². The number of benzene rings is 2. The van der Waals surface area contributed by atoms with E-state index in [0.29, 0.717) is 19.5 Å². The van der Waals surface area contributed by atoms with Crippen LogP contribution in [-0.4, -0.2) is 55.7 Å². The Labute approximate surface area is 176 Å². The van der Waals surface area contributed by atoms with Gasteiger partial charge in [-0.2, -0.15) is 4.31 Å². The Morgan fingerprint density at radius 2 is 1.70 bits per heavy atom. The molecule has 2 aliphatic rings.